The van der Waals surface area contributed by atoms with Gasteiger partial charge in [0.25, 0.3) is 0 Å². The van der Waals surface area contributed by atoms with Crippen molar-refractivity contribution >= 4 is 17.7 Å². The van der Waals surface area contributed by atoms with E-state index in [2.05, 4.69) is 11.6 Å². The predicted octanol–water partition coefficient (Wildman–Crippen LogP) is 1.89. The first-order valence-electron chi connectivity index (χ1n) is 7.26. The Kier molecular flexibility index (Phi) is 5.30. The highest BCUT2D eigenvalue weighted by atomic mass is 32.2. The molecule has 1 heterocycles. The normalized spacial score (nSPS) is 20.5. The summed E-state index contributed by atoms with van der Waals surface area (Å²) in [5.74, 6) is -0.131. The molecule has 4 nitrogen and oxygen atoms in total. The number of nitrogens with two attached hydrogens (primary N) is 1. The van der Waals surface area contributed by atoms with Crippen molar-refractivity contribution in [3.8, 4) is 0 Å². The van der Waals surface area contributed by atoms with Crippen molar-refractivity contribution in [1.29, 1.82) is 0 Å². The number of amides is 1. The number of benzene rings is 1. The summed E-state index contributed by atoms with van der Waals surface area (Å²) in [6.07, 6.45) is 4.01. The summed E-state index contributed by atoms with van der Waals surface area (Å²) in [5.41, 5.74) is 6.06. The molecule has 1 aliphatic rings. The first-order valence-corrected chi connectivity index (χ1v) is 8.48. The number of hydrogen-bond acceptors (Lipinski definition) is 4. The Balaban J connectivity index is 2.00. The van der Waals surface area contributed by atoms with Crippen molar-refractivity contribution in [3.63, 3.8) is 0 Å². The summed E-state index contributed by atoms with van der Waals surface area (Å²) in [7, 11) is 0. The molecular weight excluding hydrogens is 284 g/mol. The molecule has 5 heteroatoms. The standard InChI is InChI=1S/C16H24N2O2S/c1-15(17,13-6-4-3-5-7-13)14(19)18-12-16(21-2)8-10-20-11-9-16/h3-7H,8-12,17H2,1-2H3,(H,18,19). The van der Waals surface area contributed by atoms with Crippen LogP contribution in [0.2, 0.25) is 0 Å². The van der Waals surface area contributed by atoms with Crippen molar-refractivity contribution < 1.29 is 9.53 Å². The van der Waals surface area contributed by atoms with Crippen LogP contribution in [-0.2, 0) is 15.1 Å². The van der Waals surface area contributed by atoms with Gasteiger partial charge >= 0.3 is 0 Å². The molecule has 3 N–H and O–H groups in total. The summed E-state index contributed by atoms with van der Waals surface area (Å²) < 4.78 is 5.49. The van der Waals surface area contributed by atoms with E-state index in [-0.39, 0.29) is 10.7 Å². The summed E-state index contributed by atoms with van der Waals surface area (Å²) in [4.78, 5) is 12.5. The average molecular weight is 308 g/mol. The maximum absolute atomic E-state index is 12.5. The molecule has 1 unspecified atom stereocenters. The number of ether oxygens (including phenoxy) is 1. The highest BCUT2D eigenvalue weighted by Gasteiger charge is 2.35. The third-order valence-electron chi connectivity index (χ3n) is 4.25. The molecule has 2 rings (SSSR count). The second-order valence-electron chi connectivity index (χ2n) is 5.75. The summed E-state index contributed by atoms with van der Waals surface area (Å²) >= 11 is 1.81. The van der Waals surface area contributed by atoms with E-state index < -0.39 is 5.54 Å². The third kappa shape index (κ3) is 3.78. The van der Waals surface area contributed by atoms with E-state index >= 15 is 0 Å². The molecule has 1 aliphatic heterocycles. The molecule has 0 aromatic heterocycles. The first-order chi connectivity index (χ1) is 10.0. The molecule has 0 saturated carbocycles. The Morgan fingerprint density at radius 3 is 2.57 bits per heavy atom. The number of rotatable bonds is 5. The van der Waals surface area contributed by atoms with Gasteiger partial charge in [-0.3, -0.25) is 4.79 Å². The smallest absolute Gasteiger partial charge is 0.244 e. The largest absolute Gasteiger partial charge is 0.381 e. The third-order valence-corrected chi connectivity index (χ3v) is 5.67. The molecule has 0 radical (unpaired) electrons. The quantitative estimate of drug-likeness (QED) is 0.872. The molecule has 0 bridgehead atoms. The SMILES string of the molecule is CSC1(CNC(=O)C(C)(N)c2ccccc2)CCOCC1. The first kappa shape index (κ1) is 16.3. The van der Waals surface area contributed by atoms with Crippen LogP contribution in [0.1, 0.15) is 25.3 Å². The number of carbonyl (C=O) groups excluding carboxylic acids is 1. The van der Waals surface area contributed by atoms with Crippen LogP contribution in [0.5, 0.6) is 0 Å². The van der Waals surface area contributed by atoms with Crippen molar-refractivity contribution in [1.82, 2.24) is 5.32 Å². The maximum Gasteiger partial charge on any atom is 0.244 e. The van der Waals surface area contributed by atoms with Crippen LogP contribution in [0.4, 0.5) is 0 Å². The lowest BCUT2D eigenvalue weighted by Gasteiger charge is -2.36. The number of thioether (sulfide) groups is 1. The Bertz CT molecular complexity index is 470. The second-order valence-corrected chi connectivity index (χ2v) is 7.02. The van der Waals surface area contributed by atoms with Gasteiger partial charge in [-0.2, -0.15) is 11.8 Å². The number of nitrogens with one attached hydrogen (secondary N) is 1. The molecule has 0 spiro atoms. The highest BCUT2D eigenvalue weighted by molar-refractivity contribution is 8.00. The lowest BCUT2D eigenvalue weighted by atomic mass is 9.91. The lowest BCUT2D eigenvalue weighted by molar-refractivity contribution is -0.126. The molecule has 1 saturated heterocycles. The van der Waals surface area contributed by atoms with Crippen molar-refractivity contribution in [3.05, 3.63) is 35.9 Å². The van der Waals surface area contributed by atoms with Crippen molar-refractivity contribution in [2.75, 3.05) is 26.0 Å². The molecule has 21 heavy (non-hydrogen) atoms. The van der Waals surface area contributed by atoms with Gasteiger partial charge in [-0.25, -0.2) is 0 Å². The predicted molar refractivity (Wildman–Crippen MR) is 87.3 cm³/mol. The molecule has 1 aromatic rings. The van der Waals surface area contributed by atoms with Crippen LogP contribution >= 0.6 is 11.8 Å². The minimum Gasteiger partial charge on any atom is -0.381 e. The maximum atomic E-state index is 12.5. The van der Waals surface area contributed by atoms with E-state index in [1.165, 1.54) is 0 Å². The summed E-state index contributed by atoms with van der Waals surface area (Å²) in [6.45, 7) is 3.91. The van der Waals surface area contributed by atoms with E-state index in [0.717, 1.165) is 31.6 Å². The van der Waals surface area contributed by atoms with Crippen LogP contribution in [0.25, 0.3) is 0 Å². The van der Waals surface area contributed by atoms with Crippen LogP contribution < -0.4 is 11.1 Å². The molecule has 1 atom stereocenters. The Morgan fingerprint density at radius 2 is 2.00 bits per heavy atom. The Morgan fingerprint density at radius 1 is 1.38 bits per heavy atom. The van der Waals surface area contributed by atoms with Crippen LogP contribution in [0.3, 0.4) is 0 Å². The zero-order valence-corrected chi connectivity index (χ0v) is 13.5. The van der Waals surface area contributed by atoms with E-state index in [9.17, 15) is 4.79 Å². The molecule has 1 amide bonds. The minimum atomic E-state index is -1.01. The van der Waals surface area contributed by atoms with Gasteiger partial charge in [0.15, 0.2) is 0 Å². The van der Waals surface area contributed by atoms with Gasteiger partial charge in [0.2, 0.25) is 5.91 Å². The van der Waals surface area contributed by atoms with Crippen molar-refractivity contribution in [2.24, 2.45) is 5.73 Å². The molecule has 0 aliphatic carbocycles. The topological polar surface area (TPSA) is 64.4 Å². The van der Waals surface area contributed by atoms with Gasteiger partial charge in [0, 0.05) is 24.5 Å². The summed E-state index contributed by atoms with van der Waals surface area (Å²) in [5, 5.41) is 3.04. The molecule has 1 fully saturated rings. The monoisotopic (exact) mass is 308 g/mol. The van der Waals surface area contributed by atoms with Gasteiger partial charge in [0.1, 0.15) is 5.54 Å². The van der Waals surface area contributed by atoms with E-state index in [1.807, 2.05) is 30.3 Å². The fraction of sp³-hybridized carbons (Fsp3) is 0.562. The van der Waals surface area contributed by atoms with E-state index in [1.54, 1.807) is 18.7 Å². The zero-order valence-electron chi connectivity index (χ0n) is 12.7. The zero-order chi connectivity index (χ0) is 15.3. The lowest BCUT2D eigenvalue weighted by Crippen LogP contribution is -2.53. The highest BCUT2D eigenvalue weighted by Crippen LogP contribution is 2.33. The van der Waals surface area contributed by atoms with E-state index in [4.69, 9.17) is 10.5 Å². The average Bonchev–Trinajstić information content (AvgIpc) is 2.54. The summed E-state index contributed by atoms with van der Waals surface area (Å²) in [6, 6.07) is 9.49. The van der Waals surface area contributed by atoms with Crippen LogP contribution in [0, 0.1) is 0 Å². The van der Waals surface area contributed by atoms with Crippen molar-refractivity contribution in [2.45, 2.75) is 30.1 Å². The molecule has 116 valence electrons. The van der Waals surface area contributed by atoms with Gasteiger partial charge in [-0.15, -0.1) is 0 Å². The Hall–Kier alpha value is -1.04. The number of carbonyl (C=O) groups is 1. The van der Waals surface area contributed by atoms with Gasteiger partial charge in [-0.05, 0) is 31.6 Å². The Labute approximate surface area is 130 Å². The van der Waals surface area contributed by atoms with Gasteiger partial charge in [0.05, 0.1) is 0 Å². The van der Waals surface area contributed by atoms with Crippen LogP contribution in [-0.4, -0.2) is 36.7 Å². The fourth-order valence-corrected chi connectivity index (χ4v) is 3.33. The molecular formula is C16H24N2O2S. The fourth-order valence-electron chi connectivity index (χ4n) is 2.54. The second kappa shape index (κ2) is 6.81. The molecule has 1 aromatic carbocycles. The van der Waals surface area contributed by atoms with Gasteiger partial charge in [-0.1, -0.05) is 30.3 Å². The van der Waals surface area contributed by atoms with Gasteiger partial charge < -0.3 is 15.8 Å². The van der Waals surface area contributed by atoms with Crippen LogP contribution in [0.15, 0.2) is 30.3 Å². The van der Waals surface area contributed by atoms with E-state index in [0.29, 0.717) is 6.54 Å². The minimum absolute atomic E-state index is 0.0701. The number of hydrogen-bond donors (Lipinski definition) is 2.